The van der Waals surface area contributed by atoms with Gasteiger partial charge in [0, 0.05) is 6.04 Å². The van der Waals surface area contributed by atoms with E-state index in [0.29, 0.717) is 12.0 Å². The third-order valence-electron chi connectivity index (χ3n) is 2.35. The van der Waals surface area contributed by atoms with Crippen molar-refractivity contribution in [1.82, 2.24) is 5.32 Å². The van der Waals surface area contributed by atoms with Gasteiger partial charge in [-0.2, -0.15) is 0 Å². The zero-order chi connectivity index (χ0) is 8.27. The second-order valence-corrected chi connectivity index (χ2v) is 3.15. The van der Waals surface area contributed by atoms with Crippen molar-refractivity contribution in [2.24, 2.45) is 5.92 Å². The SMILES string of the molecule is COC(=O)N[C@@H]1CCC[C@@H]1C. The molecule has 0 saturated heterocycles. The molecule has 0 aromatic carbocycles. The van der Waals surface area contributed by atoms with Crippen LogP contribution < -0.4 is 5.32 Å². The van der Waals surface area contributed by atoms with E-state index in [4.69, 9.17) is 0 Å². The number of amides is 1. The Bertz CT molecular complexity index is 147. The Morgan fingerprint density at radius 3 is 2.73 bits per heavy atom. The van der Waals surface area contributed by atoms with Gasteiger partial charge in [-0.3, -0.25) is 0 Å². The van der Waals surface area contributed by atoms with E-state index in [1.54, 1.807) is 0 Å². The van der Waals surface area contributed by atoms with Gasteiger partial charge in [0.25, 0.3) is 0 Å². The van der Waals surface area contributed by atoms with Crippen LogP contribution >= 0.6 is 0 Å². The maximum atomic E-state index is 10.8. The number of alkyl carbamates (subject to hydrolysis) is 1. The van der Waals surface area contributed by atoms with Crippen molar-refractivity contribution in [3.05, 3.63) is 0 Å². The van der Waals surface area contributed by atoms with Gasteiger partial charge in [-0.05, 0) is 18.8 Å². The van der Waals surface area contributed by atoms with Gasteiger partial charge in [0.1, 0.15) is 0 Å². The summed E-state index contributed by atoms with van der Waals surface area (Å²) in [6.07, 6.45) is 3.23. The van der Waals surface area contributed by atoms with Crippen molar-refractivity contribution in [2.45, 2.75) is 32.2 Å². The lowest BCUT2D eigenvalue weighted by atomic mass is 10.1. The number of rotatable bonds is 1. The molecule has 1 aliphatic rings. The molecule has 1 rings (SSSR count). The summed E-state index contributed by atoms with van der Waals surface area (Å²) in [7, 11) is 1.40. The molecule has 11 heavy (non-hydrogen) atoms. The number of hydrogen-bond acceptors (Lipinski definition) is 2. The molecule has 3 nitrogen and oxygen atoms in total. The van der Waals surface area contributed by atoms with Crippen LogP contribution in [0.25, 0.3) is 0 Å². The van der Waals surface area contributed by atoms with E-state index >= 15 is 0 Å². The smallest absolute Gasteiger partial charge is 0.407 e. The van der Waals surface area contributed by atoms with Crippen LogP contribution in [0.5, 0.6) is 0 Å². The summed E-state index contributed by atoms with van der Waals surface area (Å²) in [4.78, 5) is 10.8. The molecule has 1 saturated carbocycles. The average Bonchev–Trinajstić information content (AvgIpc) is 2.37. The van der Waals surface area contributed by atoms with Crippen molar-refractivity contribution < 1.29 is 9.53 Å². The summed E-state index contributed by atoms with van der Waals surface area (Å²) in [5.74, 6) is 0.606. The number of nitrogens with one attached hydrogen (secondary N) is 1. The first-order valence-corrected chi connectivity index (χ1v) is 4.08. The van der Waals surface area contributed by atoms with Crippen LogP contribution in [-0.2, 0) is 4.74 Å². The average molecular weight is 157 g/mol. The van der Waals surface area contributed by atoms with Gasteiger partial charge < -0.3 is 10.1 Å². The highest BCUT2D eigenvalue weighted by atomic mass is 16.5. The molecule has 1 N–H and O–H groups in total. The fourth-order valence-corrected chi connectivity index (χ4v) is 1.57. The van der Waals surface area contributed by atoms with Gasteiger partial charge in [-0.25, -0.2) is 4.79 Å². The Morgan fingerprint density at radius 1 is 1.55 bits per heavy atom. The van der Waals surface area contributed by atoms with E-state index in [0.717, 1.165) is 6.42 Å². The van der Waals surface area contributed by atoms with E-state index in [2.05, 4.69) is 17.0 Å². The summed E-state index contributed by atoms with van der Waals surface area (Å²) in [5.41, 5.74) is 0. The van der Waals surface area contributed by atoms with Crippen molar-refractivity contribution in [1.29, 1.82) is 0 Å². The number of hydrogen-bond donors (Lipinski definition) is 1. The van der Waals surface area contributed by atoms with Gasteiger partial charge in [0.2, 0.25) is 0 Å². The number of ether oxygens (including phenoxy) is 1. The Labute approximate surface area is 67.1 Å². The molecule has 0 aliphatic heterocycles. The molecule has 1 amide bonds. The lowest BCUT2D eigenvalue weighted by Crippen LogP contribution is -2.36. The van der Waals surface area contributed by atoms with Gasteiger partial charge >= 0.3 is 6.09 Å². The molecule has 0 radical (unpaired) electrons. The largest absolute Gasteiger partial charge is 0.453 e. The summed E-state index contributed by atoms with van der Waals surface area (Å²) >= 11 is 0. The molecule has 0 heterocycles. The Kier molecular flexibility index (Phi) is 2.74. The lowest BCUT2D eigenvalue weighted by Gasteiger charge is -2.15. The minimum atomic E-state index is -0.302. The molecule has 3 heteroatoms. The van der Waals surface area contributed by atoms with Gasteiger partial charge in [0.05, 0.1) is 7.11 Å². The molecular weight excluding hydrogens is 142 g/mol. The van der Waals surface area contributed by atoms with Crippen molar-refractivity contribution >= 4 is 6.09 Å². The summed E-state index contributed by atoms with van der Waals surface area (Å²) in [6.45, 7) is 2.16. The Morgan fingerprint density at radius 2 is 2.27 bits per heavy atom. The van der Waals surface area contributed by atoms with Crippen LogP contribution in [0, 0.1) is 5.92 Å². The highest BCUT2D eigenvalue weighted by Gasteiger charge is 2.24. The van der Waals surface area contributed by atoms with E-state index in [1.807, 2.05) is 0 Å². The number of carbonyl (C=O) groups excluding carboxylic acids is 1. The van der Waals surface area contributed by atoms with Crippen LogP contribution in [0.4, 0.5) is 4.79 Å². The normalized spacial score (nSPS) is 30.0. The third kappa shape index (κ3) is 2.10. The lowest BCUT2D eigenvalue weighted by molar-refractivity contribution is 0.164. The molecule has 2 atom stereocenters. The molecule has 0 aromatic heterocycles. The highest BCUT2D eigenvalue weighted by Crippen LogP contribution is 2.24. The summed E-state index contributed by atoms with van der Waals surface area (Å²) in [6, 6.07) is 0.336. The minimum Gasteiger partial charge on any atom is -0.453 e. The molecule has 0 bridgehead atoms. The van der Waals surface area contributed by atoms with Crippen molar-refractivity contribution in [2.75, 3.05) is 7.11 Å². The van der Waals surface area contributed by atoms with Crippen molar-refractivity contribution in [3.8, 4) is 0 Å². The Balaban J connectivity index is 2.30. The fourth-order valence-electron chi connectivity index (χ4n) is 1.57. The van der Waals surface area contributed by atoms with Crippen LogP contribution in [0.15, 0.2) is 0 Å². The highest BCUT2D eigenvalue weighted by molar-refractivity contribution is 5.67. The molecule has 1 fully saturated rings. The monoisotopic (exact) mass is 157 g/mol. The maximum absolute atomic E-state index is 10.8. The predicted molar refractivity (Wildman–Crippen MR) is 42.3 cm³/mol. The second kappa shape index (κ2) is 3.60. The molecule has 0 unspecified atom stereocenters. The van der Waals surface area contributed by atoms with Crippen LogP contribution in [0.3, 0.4) is 0 Å². The second-order valence-electron chi connectivity index (χ2n) is 3.15. The molecule has 1 aliphatic carbocycles. The van der Waals surface area contributed by atoms with Gasteiger partial charge in [-0.15, -0.1) is 0 Å². The number of carbonyl (C=O) groups is 1. The van der Waals surface area contributed by atoms with Crippen LogP contribution in [-0.4, -0.2) is 19.2 Å². The summed E-state index contributed by atoms with van der Waals surface area (Å²) in [5, 5.41) is 2.82. The van der Waals surface area contributed by atoms with Crippen molar-refractivity contribution in [3.63, 3.8) is 0 Å². The van der Waals surface area contributed by atoms with Gasteiger partial charge in [0.15, 0.2) is 0 Å². The quantitative estimate of drug-likeness (QED) is 0.627. The molecule has 64 valence electrons. The van der Waals surface area contributed by atoms with Crippen LogP contribution in [0.1, 0.15) is 26.2 Å². The molecular formula is C8H15NO2. The van der Waals surface area contributed by atoms with E-state index in [9.17, 15) is 4.79 Å². The van der Waals surface area contributed by atoms with E-state index < -0.39 is 0 Å². The maximum Gasteiger partial charge on any atom is 0.407 e. The first-order chi connectivity index (χ1) is 5.24. The minimum absolute atomic E-state index is 0.302. The standard InChI is InChI=1S/C8H15NO2/c1-6-4-3-5-7(6)9-8(10)11-2/h6-7H,3-5H2,1-2H3,(H,9,10)/t6-,7+/m0/s1. The summed E-state index contributed by atoms with van der Waals surface area (Å²) < 4.78 is 4.51. The molecule has 0 spiro atoms. The van der Waals surface area contributed by atoms with E-state index in [-0.39, 0.29) is 6.09 Å². The van der Waals surface area contributed by atoms with E-state index in [1.165, 1.54) is 20.0 Å². The topological polar surface area (TPSA) is 38.3 Å². The first kappa shape index (κ1) is 8.37. The fraction of sp³-hybridized carbons (Fsp3) is 0.875. The predicted octanol–water partition coefficient (Wildman–Crippen LogP) is 1.53. The Hall–Kier alpha value is -0.730. The zero-order valence-electron chi connectivity index (χ0n) is 7.09. The first-order valence-electron chi connectivity index (χ1n) is 4.08. The van der Waals surface area contributed by atoms with Crippen LogP contribution in [0.2, 0.25) is 0 Å². The zero-order valence-corrected chi connectivity index (χ0v) is 7.09. The van der Waals surface area contributed by atoms with Gasteiger partial charge in [-0.1, -0.05) is 13.3 Å². The molecule has 0 aromatic rings. The number of methoxy groups -OCH3 is 1. The third-order valence-corrected chi connectivity index (χ3v) is 2.35.